The summed E-state index contributed by atoms with van der Waals surface area (Å²) in [5.74, 6) is 4.61. The number of rotatable bonds is 5. The van der Waals surface area contributed by atoms with E-state index in [9.17, 15) is 5.11 Å². The predicted octanol–water partition coefficient (Wildman–Crippen LogP) is 7.40. The Bertz CT molecular complexity index is 954. The Morgan fingerprint density at radius 1 is 0.844 bits per heavy atom. The molecule has 2 aromatic rings. The van der Waals surface area contributed by atoms with Crippen molar-refractivity contribution in [2.24, 2.45) is 22.7 Å². The molecule has 0 amide bonds. The molecule has 5 aliphatic rings. The topological polar surface area (TPSA) is 41.8 Å². The van der Waals surface area contributed by atoms with Crippen LogP contribution >= 0.6 is 0 Å². The highest BCUT2D eigenvalue weighted by atomic mass is 16.5. The summed E-state index contributed by atoms with van der Waals surface area (Å²) in [6, 6.07) is 14.5. The van der Waals surface area contributed by atoms with E-state index in [0.29, 0.717) is 11.8 Å². The molecule has 3 heteroatoms. The van der Waals surface area contributed by atoms with Crippen molar-refractivity contribution in [3.05, 3.63) is 53.6 Å². The van der Waals surface area contributed by atoms with Gasteiger partial charge in [-0.15, -0.1) is 0 Å². The number of hydrogen-bond donors (Lipinski definition) is 1. The average Bonchev–Trinajstić information content (AvgIpc) is 2.79. The first-order chi connectivity index (χ1) is 15.7. The van der Waals surface area contributed by atoms with Gasteiger partial charge in [-0.05, 0) is 98.8 Å². The van der Waals surface area contributed by atoms with Crippen LogP contribution in [0.5, 0.6) is 17.2 Å². The molecular weight excluding hydrogens is 394 g/mol. The fraction of sp³-hybridized carbons (Fsp3) is 0.552. The first-order valence-corrected chi connectivity index (χ1v) is 12.8. The lowest BCUT2D eigenvalue weighted by Crippen LogP contribution is -2.48. The molecule has 32 heavy (non-hydrogen) atoms. The zero-order chi connectivity index (χ0) is 21.5. The van der Waals surface area contributed by atoms with Crippen molar-refractivity contribution in [3.63, 3.8) is 0 Å². The van der Waals surface area contributed by atoms with Crippen LogP contribution < -0.4 is 4.74 Å². The van der Waals surface area contributed by atoms with Crippen LogP contribution in [0.15, 0.2) is 47.5 Å². The van der Waals surface area contributed by atoms with Crippen LogP contribution in [0.25, 0.3) is 0 Å². The quantitative estimate of drug-likeness (QED) is 0.503. The number of ether oxygens (including phenoxy) is 1. The first-order valence-electron chi connectivity index (χ1n) is 12.8. The molecule has 4 bridgehead atoms. The van der Waals surface area contributed by atoms with E-state index in [2.05, 4.69) is 6.07 Å². The molecule has 0 aromatic heterocycles. The van der Waals surface area contributed by atoms with Crippen LogP contribution in [0.4, 0.5) is 0 Å². The van der Waals surface area contributed by atoms with E-state index < -0.39 is 0 Å². The molecule has 5 fully saturated rings. The molecule has 1 N–H and O–H groups in total. The third-order valence-corrected chi connectivity index (χ3v) is 8.70. The van der Waals surface area contributed by atoms with Crippen molar-refractivity contribution < 1.29 is 9.84 Å². The Kier molecular flexibility index (Phi) is 5.24. The summed E-state index contributed by atoms with van der Waals surface area (Å²) in [5.41, 5.74) is 2.06. The monoisotopic (exact) mass is 429 g/mol. The van der Waals surface area contributed by atoms with E-state index in [4.69, 9.17) is 9.73 Å². The van der Waals surface area contributed by atoms with Gasteiger partial charge in [-0.3, -0.25) is 4.99 Å². The molecule has 0 aliphatic heterocycles. The number of phenols is 1. The normalized spacial score (nSPS) is 31.9. The molecule has 0 saturated heterocycles. The lowest BCUT2D eigenvalue weighted by atomic mass is 9.48. The summed E-state index contributed by atoms with van der Waals surface area (Å²) >= 11 is 0. The average molecular weight is 430 g/mol. The Balaban J connectivity index is 1.39. The van der Waals surface area contributed by atoms with Crippen LogP contribution in [-0.2, 0) is 5.41 Å². The number of nitrogens with zero attached hydrogens (tertiary/aromatic N) is 1. The molecule has 7 rings (SSSR count). The summed E-state index contributed by atoms with van der Waals surface area (Å²) in [5, 5.41) is 11.5. The number of benzene rings is 2. The first kappa shape index (κ1) is 20.3. The van der Waals surface area contributed by atoms with Gasteiger partial charge in [-0.25, -0.2) is 0 Å². The van der Waals surface area contributed by atoms with Crippen molar-refractivity contribution in [3.8, 4) is 17.2 Å². The lowest BCUT2D eigenvalue weighted by Gasteiger charge is -2.57. The van der Waals surface area contributed by atoms with Gasteiger partial charge in [0.2, 0.25) is 0 Å². The van der Waals surface area contributed by atoms with Gasteiger partial charge in [0.15, 0.2) is 0 Å². The number of aliphatic imine (C=N–C) groups is 1. The van der Waals surface area contributed by atoms with Crippen molar-refractivity contribution >= 4 is 6.21 Å². The fourth-order valence-corrected chi connectivity index (χ4v) is 7.67. The number of phenolic OH excluding ortho intramolecular Hbond substituents is 1. The minimum absolute atomic E-state index is 0.113. The SMILES string of the molecule is Oc1c(C=NC2CCCCC2)cc(Oc2ccccc2)cc1C12CC3CC(CC(C3)C1)C2. The molecule has 0 unspecified atom stereocenters. The molecule has 5 saturated carbocycles. The van der Waals surface area contributed by atoms with Crippen molar-refractivity contribution in [1.82, 2.24) is 0 Å². The third-order valence-electron chi connectivity index (χ3n) is 8.70. The maximum absolute atomic E-state index is 11.5. The highest BCUT2D eigenvalue weighted by Crippen LogP contribution is 2.62. The van der Waals surface area contributed by atoms with Gasteiger partial charge >= 0.3 is 0 Å². The van der Waals surface area contributed by atoms with Gasteiger partial charge in [-0.1, -0.05) is 37.5 Å². The van der Waals surface area contributed by atoms with Crippen LogP contribution in [0, 0.1) is 17.8 Å². The molecule has 2 aromatic carbocycles. The van der Waals surface area contributed by atoms with Crippen molar-refractivity contribution in [1.29, 1.82) is 0 Å². The highest BCUT2D eigenvalue weighted by Gasteiger charge is 2.52. The minimum Gasteiger partial charge on any atom is -0.507 e. The van der Waals surface area contributed by atoms with E-state index in [-0.39, 0.29) is 5.41 Å². The maximum atomic E-state index is 11.5. The zero-order valence-electron chi connectivity index (χ0n) is 19.0. The number of hydrogen-bond acceptors (Lipinski definition) is 3. The summed E-state index contributed by atoms with van der Waals surface area (Å²) in [6.07, 6.45) is 16.0. The number of aromatic hydroxyl groups is 1. The van der Waals surface area contributed by atoms with Gasteiger partial charge < -0.3 is 9.84 Å². The molecule has 168 valence electrons. The molecular formula is C29H35NO2. The molecule has 3 nitrogen and oxygen atoms in total. The second-order valence-corrected chi connectivity index (χ2v) is 11.1. The van der Waals surface area contributed by atoms with E-state index in [0.717, 1.165) is 40.4 Å². The van der Waals surface area contributed by atoms with Gasteiger partial charge in [-0.2, -0.15) is 0 Å². The smallest absolute Gasteiger partial charge is 0.128 e. The highest BCUT2D eigenvalue weighted by molar-refractivity contribution is 5.85. The van der Waals surface area contributed by atoms with Gasteiger partial charge in [0.05, 0.1) is 0 Å². The molecule has 0 atom stereocenters. The Labute approximate surface area is 191 Å². The van der Waals surface area contributed by atoms with Crippen LogP contribution in [-0.4, -0.2) is 17.4 Å². The predicted molar refractivity (Wildman–Crippen MR) is 129 cm³/mol. The molecule has 0 spiro atoms. The van der Waals surface area contributed by atoms with Gasteiger partial charge in [0.1, 0.15) is 17.2 Å². The zero-order valence-corrected chi connectivity index (χ0v) is 19.0. The van der Waals surface area contributed by atoms with E-state index in [1.807, 2.05) is 42.6 Å². The summed E-state index contributed by atoms with van der Waals surface area (Å²) in [6.45, 7) is 0. The second-order valence-electron chi connectivity index (χ2n) is 11.1. The second kappa shape index (κ2) is 8.24. The van der Waals surface area contributed by atoms with Crippen molar-refractivity contribution in [2.75, 3.05) is 0 Å². The molecule has 0 radical (unpaired) electrons. The minimum atomic E-state index is 0.113. The Hall–Kier alpha value is -2.29. The third kappa shape index (κ3) is 3.84. The lowest BCUT2D eigenvalue weighted by molar-refractivity contribution is -0.00621. The maximum Gasteiger partial charge on any atom is 0.128 e. The molecule has 5 aliphatic carbocycles. The van der Waals surface area contributed by atoms with Crippen molar-refractivity contribution in [2.45, 2.75) is 82.1 Å². The van der Waals surface area contributed by atoms with Crippen LogP contribution in [0.2, 0.25) is 0 Å². The van der Waals surface area contributed by atoms with Crippen LogP contribution in [0.1, 0.15) is 81.8 Å². The van der Waals surface area contributed by atoms with E-state index in [1.165, 1.54) is 70.6 Å². The summed E-state index contributed by atoms with van der Waals surface area (Å²) < 4.78 is 6.30. The standard InChI is InChI=1S/C29H35NO2/c31-28-23(19-30-24-7-3-1-4-8-24)14-26(32-25-9-5-2-6-10-25)15-27(28)29-16-20-11-21(17-29)13-22(12-20)18-29/h2,5-6,9-10,14-15,19-22,24,31H,1,3-4,7-8,11-13,16-18H2. The van der Waals surface area contributed by atoms with E-state index >= 15 is 0 Å². The molecule has 0 heterocycles. The van der Waals surface area contributed by atoms with E-state index in [1.54, 1.807) is 0 Å². The van der Waals surface area contributed by atoms with Gasteiger partial charge in [0, 0.05) is 23.4 Å². The summed E-state index contributed by atoms with van der Waals surface area (Å²) in [4.78, 5) is 4.91. The fourth-order valence-electron chi connectivity index (χ4n) is 7.67. The van der Waals surface area contributed by atoms with Gasteiger partial charge in [0.25, 0.3) is 0 Å². The largest absolute Gasteiger partial charge is 0.507 e. The summed E-state index contributed by atoms with van der Waals surface area (Å²) in [7, 11) is 0. The Morgan fingerprint density at radius 3 is 2.16 bits per heavy atom. The number of para-hydroxylation sites is 1. The Morgan fingerprint density at radius 2 is 1.50 bits per heavy atom. The van der Waals surface area contributed by atoms with Crippen LogP contribution in [0.3, 0.4) is 0 Å².